The fraction of sp³-hybridized carbons (Fsp3) is 0.556. The minimum absolute atomic E-state index is 0.0932. The zero-order valence-electron chi connectivity index (χ0n) is 8.40. The van der Waals surface area contributed by atoms with Crippen LogP contribution in [0.5, 0.6) is 0 Å². The predicted octanol–water partition coefficient (Wildman–Crippen LogP) is 0.0472. The van der Waals surface area contributed by atoms with Crippen LogP contribution in [0.15, 0.2) is 5.38 Å². The minimum atomic E-state index is 0.0932. The second-order valence-electron chi connectivity index (χ2n) is 3.59. The van der Waals surface area contributed by atoms with Crippen LogP contribution in [-0.4, -0.2) is 35.4 Å². The van der Waals surface area contributed by atoms with Crippen molar-refractivity contribution in [2.24, 2.45) is 0 Å². The number of nitrogens with zero attached hydrogens (tertiary/aromatic N) is 2. The summed E-state index contributed by atoms with van der Waals surface area (Å²) < 4.78 is 0. The summed E-state index contributed by atoms with van der Waals surface area (Å²) in [7, 11) is 0. The molecule has 1 aromatic heterocycles. The van der Waals surface area contributed by atoms with Gasteiger partial charge in [0.1, 0.15) is 0 Å². The van der Waals surface area contributed by atoms with Gasteiger partial charge in [-0.05, 0) is 6.42 Å². The molecule has 0 aromatic carbocycles. The molecule has 1 aliphatic heterocycles. The zero-order chi connectivity index (χ0) is 10.7. The number of aromatic nitrogens is 1. The molecular formula is C9H14N4OS. The largest absolute Gasteiger partial charge is 0.375 e. The van der Waals surface area contributed by atoms with Crippen LogP contribution in [0.4, 0.5) is 5.13 Å². The average molecular weight is 226 g/mol. The van der Waals surface area contributed by atoms with Crippen LogP contribution in [-0.2, 0) is 11.3 Å². The molecular weight excluding hydrogens is 212 g/mol. The molecule has 0 atom stereocenters. The Labute approximate surface area is 92.3 Å². The number of hydrogen-bond donors (Lipinski definition) is 2. The monoisotopic (exact) mass is 226 g/mol. The van der Waals surface area contributed by atoms with E-state index in [1.165, 1.54) is 11.3 Å². The summed E-state index contributed by atoms with van der Waals surface area (Å²) in [5.74, 6) is 0.0932. The number of amides is 1. The van der Waals surface area contributed by atoms with Crippen molar-refractivity contribution in [1.29, 1.82) is 0 Å². The first kappa shape index (κ1) is 10.4. The molecule has 1 aromatic rings. The van der Waals surface area contributed by atoms with E-state index in [9.17, 15) is 4.79 Å². The Morgan fingerprint density at radius 3 is 3.27 bits per heavy atom. The normalized spacial score (nSPS) is 18.5. The van der Waals surface area contributed by atoms with Gasteiger partial charge in [0.2, 0.25) is 5.91 Å². The number of hydrogen-bond acceptors (Lipinski definition) is 5. The van der Waals surface area contributed by atoms with Crippen molar-refractivity contribution in [3.05, 3.63) is 11.1 Å². The highest BCUT2D eigenvalue weighted by Crippen LogP contribution is 2.13. The number of nitrogens with two attached hydrogens (primary N) is 1. The van der Waals surface area contributed by atoms with E-state index in [1.54, 1.807) is 0 Å². The Balaban J connectivity index is 1.95. The molecule has 2 rings (SSSR count). The third-order valence-electron chi connectivity index (χ3n) is 2.30. The molecule has 15 heavy (non-hydrogen) atoms. The zero-order valence-corrected chi connectivity index (χ0v) is 9.22. The molecule has 0 bridgehead atoms. The molecule has 1 saturated heterocycles. The number of carbonyl (C=O) groups excluding carboxylic acids is 1. The number of nitrogens with one attached hydrogen (secondary N) is 1. The van der Waals surface area contributed by atoms with E-state index in [2.05, 4.69) is 15.2 Å². The van der Waals surface area contributed by atoms with Gasteiger partial charge in [-0.3, -0.25) is 9.69 Å². The first-order chi connectivity index (χ1) is 7.24. The molecule has 6 heteroatoms. The van der Waals surface area contributed by atoms with Crippen molar-refractivity contribution >= 4 is 22.4 Å². The van der Waals surface area contributed by atoms with Crippen molar-refractivity contribution in [3.8, 4) is 0 Å². The number of rotatable bonds is 2. The van der Waals surface area contributed by atoms with Gasteiger partial charge in [-0.2, -0.15) is 0 Å². The highest BCUT2D eigenvalue weighted by atomic mass is 32.1. The van der Waals surface area contributed by atoms with E-state index in [1.807, 2.05) is 5.38 Å². The Kier molecular flexibility index (Phi) is 3.17. The van der Waals surface area contributed by atoms with E-state index in [0.717, 1.165) is 25.2 Å². The highest BCUT2D eigenvalue weighted by molar-refractivity contribution is 7.13. The Hall–Kier alpha value is -1.14. The van der Waals surface area contributed by atoms with E-state index < -0.39 is 0 Å². The molecule has 5 nitrogen and oxygen atoms in total. The average Bonchev–Trinajstić information content (AvgIpc) is 2.46. The lowest BCUT2D eigenvalue weighted by atomic mass is 10.3. The number of nitrogen functional groups attached to an aromatic ring is 1. The van der Waals surface area contributed by atoms with Gasteiger partial charge in [-0.1, -0.05) is 0 Å². The van der Waals surface area contributed by atoms with Gasteiger partial charge in [0, 0.05) is 25.0 Å². The quantitative estimate of drug-likeness (QED) is 0.747. The van der Waals surface area contributed by atoms with Crippen LogP contribution >= 0.6 is 11.3 Å². The fourth-order valence-corrected chi connectivity index (χ4v) is 2.18. The summed E-state index contributed by atoms with van der Waals surface area (Å²) in [5.41, 5.74) is 6.50. The van der Waals surface area contributed by atoms with E-state index in [-0.39, 0.29) is 5.91 Å². The van der Waals surface area contributed by atoms with Gasteiger partial charge < -0.3 is 11.1 Å². The summed E-state index contributed by atoms with van der Waals surface area (Å²) >= 11 is 1.44. The van der Waals surface area contributed by atoms with E-state index >= 15 is 0 Å². The second kappa shape index (κ2) is 4.59. The van der Waals surface area contributed by atoms with Gasteiger partial charge in [0.25, 0.3) is 0 Å². The third-order valence-corrected chi connectivity index (χ3v) is 3.02. The second-order valence-corrected chi connectivity index (χ2v) is 4.48. The van der Waals surface area contributed by atoms with Gasteiger partial charge >= 0.3 is 0 Å². The Bertz CT molecular complexity index is 352. The lowest BCUT2D eigenvalue weighted by Crippen LogP contribution is -2.32. The van der Waals surface area contributed by atoms with Gasteiger partial charge in [-0.25, -0.2) is 4.98 Å². The SMILES string of the molecule is Nc1nc(CN2CCCNC(=O)C2)cs1. The van der Waals surface area contributed by atoms with Crippen LogP contribution in [0, 0.1) is 0 Å². The van der Waals surface area contributed by atoms with Crippen LogP contribution in [0.1, 0.15) is 12.1 Å². The summed E-state index contributed by atoms with van der Waals surface area (Å²) in [6.07, 6.45) is 0.991. The predicted molar refractivity (Wildman–Crippen MR) is 59.4 cm³/mol. The Morgan fingerprint density at radius 1 is 1.67 bits per heavy atom. The van der Waals surface area contributed by atoms with Crippen molar-refractivity contribution in [2.75, 3.05) is 25.4 Å². The maximum absolute atomic E-state index is 11.3. The number of thiazole rings is 1. The molecule has 0 unspecified atom stereocenters. The molecule has 2 heterocycles. The summed E-state index contributed by atoms with van der Waals surface area (Å²) in [5, 5.41) is 5.37. The fourth-order valence-electron chi connectivity index (χ4n) is 1.63. The van der Waals surface area contributed by atoms with Crippen molar-refractivity contribution in [1.82, 2.24) is 15.2 Å². The molecule has 0 radical (unpaired) electrons. The van der Waals surface area contributed by atoms with Crippen LogP contribution in [0.2, 0.25) is 0 Å². The highest BCUT2D eigenvalue weighted by Gasteiger charge is 2.15. The minimum Gasteiger partial charge on any atom is -0.375 e. The topological polar surface area (TPSA) is 71.2 Å². The molecule has 0 spiro atoms. The number of carbonyl (C=O) groups is 1. The molecule has 0 saturated carbocycles. The van der Waals surface area contributed by atoms with Gasteiger partial charge in [-0.15, -0.1) is 11.3 Å². The molecule has 0 aliphatic carbocycles. The summed E-state index contributed by atoms with van der Waals surface area (Å²) in [6, 6.07) is 0. The first-order valence-corrected chi connectivity index (χ1v) is 5.81. The summed E-state index contributed by atoms with van der Waals surface area (Å²) in [4.78, 5) is 17.6. The van der Waals surface area contributed by atoms with Crippen LogP contribution < -0.4 is 11.1 Å². The van der Waals surface area contributed by atoms with Crippen molar-refractivity contribution in [2.45, 2.75) is 13.0 Å². The molecule has 82 valence electrons. The van der Waals surface area contributed by atoms with Gasteiger partial charge in [0.15, 0.2) is 5.13 Å². The van der Waals surface area contributed by atoms with Crippen LogP contribution in [0.3, 0.4) is 0 Å². The molecule has 1 amide bonds. The standard InChI is InChI=1S/C9H14N4OS/c10-9-12-7(6-15-9)4-13-3-1-2-11-8(14)5-13/h6H,1-5H2,(H2,10,12)(H,11,14). The van der Waals surface area contributed by atoms with E-state index in [0.29, 0.717) is 18.2 Å². The molecule has 3 N–H and O–H groups in total. The Morgan fingerprint density at radius 2 is 2.53 bits per heavy atom. The summed E-state index contributed by atoms with van der Waals surface area (Å²) in [6.45, 7) is 2.86. The van der Waals surface area contributed by atoms with Crippen molar-refractivity contribution in [3.63, 3.8) is 0 Å². The smallest absolute Gasteiger partial charge is 0.234 e. The first-order valence-electron chi connectivity index (χ1n) is 4.93. The maximum Gasteiger partial charge on any atom is 0.234 e. The van der Waals surface area contributed by atoms with Gasteiger partial charge in [0.05, 0.1) is 12.2 Å². The molecule has 1 aliphatic rings. The van der Waals surface area contributed by atoms with Crippen LogP contribution in [0.25, 0.3) is 0 Å². The lowest BCUT2D eigenvalue weighted by Gasteiger charge is -2.16. The number of anilines is 1. The maximum atomic E-state index is 11.3. The third kappa shape index (κ3) is 2.90. The van der Waals surface area contributed by atoms with Crippen molar-refractivity contribution < 1.29 is 4.79 Å². The lowest BCUT2D eigenvalue weighted by molar-refractivity contribution is -0.121. The molecule has 1 fully saturated rings. The van der Waals surface area contributed by atoms with E-state index in [4.69, 9.17) is 5.73 Å².